The summed E-state index contributed by atoms with van der Waals surface area (Å²) < 4.78 is 11.7. The molecule has 2 N–H and O–H groups in total. The third-order valence-electron chi connectivity index (χ3n) is 21.5. The van der Waals surface area contributed by atoms with E-state index < -0.39 is 0 Å². The highest BCUT2D eigenvalue weighted by atomic mass is 16.5. The molecule has 9 heteroatoms. The highest BCUT2D eigenvalue weighted by molar-refractivity contribution is 6.10. The number of esters is 1. The molecule has 0 saturated heterocycles. The number of carbonyl (C=O) groups is 2. The van der Waals surface area contributed by atoms with E-state index >= 15 is 0 Å². The van der Waals surface area contributed by atoms with Crippen LogP contribution in [0.5, 0.6) is 17.2 Å². The Kier molecular flexibility index (Phi) is 20.0. The first-order chi connectivity index (χ1) is 39.3. The van der Waals surface area contributed by atoms with Crippen LogP contribution in [0.2, 0.25) is 0 Å². The first-order valence-electron chi connectivity index (χ1n) is 32.7. The number of fused-ring (bicyclic) bond motifs is 3. The topological polar surface area (TPSA) is 124 Å². The van der Waals surface area contributed by atoms with Crippen molar-refractivity contribution >= 4 is 22.8 Å². The lowest BCUT2D eigenvalue weighted by molar-refractivity contribution is -0.143. The van der Waals surface area contributed by atoms with Gasteiger partial charge in [-0.05, 0) is 209 Å². The second kappa shape index (κ2) is 27.5. The van der Waals surface area contributed by atoms with Gasteiger partial charge in [-0.25, -0.2) is 0 Å². The normalized spacial score (nSPS) is 27.8. The van der Waals surface area contributed by atoms with Crippen LogP contribution >= 0.6 is 0 Å². The minimum atomic E-state index is -0.284. The van der Waals surface area contributed by atoms with Gasteiger partial charge in [-0.2, -0.15) is 0 Å². The summed E-state index contributed by atoms with van der Waals surface area (Å²) in [6.07, 6.45) is 34.3. The Balaban J connectivity index is 0.000000186. The van der Waals surface area contributed by atoms with Crippen molar-refractivity contribution in [2.75, 3.05) is 13.2 Å². The predicted molar refractivity (Wildman–Crippen MR) is 326 cm³/mol. The van der Waals surface area contributed by atoms with Gasteiger partial charge in [0.15, 0.2) is 5.78 Å². The molecule has 6 aliphatic rings. The number of carbonyl (C=O) groups excluding carboxylic acids is 2. The summed E-state index contributed by atoms with van der Waals surface area (Å²) in [5.74, 6) is 11.9. The fraction of sp³-hybridized carbons (Fsp3) is 0.639. The van der Waals surface area contributed by atoms with Crippen LogP contribution in [0.25, 0.3) is 16.7 Å². The second-order valence-corrected chi connectivity index (χ2v) is 27.6. The lowest BCUT2D eigenvalue weighted by atomic mass is 9.84. The maximum Gasteiger partial charge on any atom is 0.306 e. The summed E-state index contributed by atoms with van der Waals surface area (Å²) in [4.78, 5) is 27.0. The van der Waals surface area contributed by atoms with Gasteiger partial charge in [0.1, 0.15) is 34.0 Å². The predicted octanol–water partition coefficient (Wildman–Crippen LogP) is 17.8. The van der Waals surface area contributed by atoms with Gasteiger partial charge in [0.05, 0.1) is 18.8 Å². The number of rotatable bonds is 23. The molecule has 4 aromatic carbocycles. The minimum absolute atomic E-state index is 0.0127. The number of nitrogens with zero attached hydrogens (tertiary/aromatic N) is 3. The van der Waals surface area contributed by atoms with Crippen molar-refractivity contribution in [2.45, 2.75) is 207 Å². The van der Waals surface area contributed by atoms with Crippen LogP contribution < -0.4 is 4.74 Å². The zero-order valence-corrected chi connectivity index (χ0v) is 50.2. The lowest BCUT2D eigenvalue weighted by Crippen LogP contribution is -2.15. The molecule has 0 amide bonds. The van der Waals surface area contributed by atoms with E-state index in [1.165, 1.54) is 146 Å². The van der Waals surface area contributed by atoms with Crippen LogP contribution in [0.1, 0.15) is 222 Å². The number of ether oxygens (including phenoxy) is 2. The molecule has 6 fully saturated rings. The van der Waals surface area contributed by atoms with Gasteiger partial charge in [-0.1, -0.05) is 147 Å². The molecule has 0 bridgehead atoms. The summed E-state index contributed by atoms with van der Waals surface area (Å²) >= 11 is 0. The molecule has 6 aliphatic carbocycles. The van der Waals surface area contributed by atoms with E-state index in [-0.39, 0.29) is 28.7 Å². The van der Waals surface area contributed by atoms with Crippen molar-refractivity contribution in [1.82, 2.24) is 15.0 Å². The smallest absolute Gasteiger partial charge is 0.306 e. The number of aromatic hydroxyl groups is 2. The van der Waals surface area contributed by atoms with Gasteiger partial charge in [0, 0.05) is 23.6 Å². The fourth-order valence-electron chi connectivity index (χ4n) is 17.1. The first-order valence-corrected chi connectivity index (χ1v) is 32.7. The molecule has 11 rings (SSSR count). The SMILES string of the molecule is CCC1CCC(CCC2CC(CCCOC(=O)CCc3cc(-n4nc5ccccc5n4)c(O)c(C(C)(C)C)c3)C3CCCC23)C1.CCC1CCC(CCC2CC(CCCOc3ccc(C(=O)c4ccccc4)c(O)c3)C3CCCC23)C1. The highest BCUT2D eigenvalue weighted by Gasteiger charge is 2.46. The van der Waals surface area contributed by atoms with Gasteiger partial charge in [0.25, 0.3) is 0 Å². The number of aryl methyl sites for hydroxylation is 1. The van der Waals surface area contributed by atoms with E-state index in [4.69, 9.17) is 9.47 Å². The van der Waals surface area contributed by atoms with Crippen LogP contribution in [0.3, 0.4) is 0 Å². The Morgan fingerprint density at radius 3 is 1.65 bits per heavy atom. The average molecular weight is 1100 g/mol. The average Bonchev–Trinajstić information content (AvgIpc) is 4.57. The molecule has 0 spiro atoms. The summed E-state index contributed by atoms with van der Waals surface area (Å²) in [5.41, 5.74) is 4.49. The molecule has 81 heavy (non-hydrogen) atoms. The molecule has 9 nitrogen and oxygen atoms in total. The molecule has 5 aromatic rings. The van der Waals surface area contributed by atoms with Gasteiger partial charge in [-0.3, -0.25) is 9.59 Å². The van der Waals surface area contributed by atoms with E-state index in [2.05, 4.69) is 44.8 Å². The maximum atomic E-state index is 12.8. The quantitative estimate of drug-likeness (QED) is 0.0377. The number of hydrogen-bond acceptors (Lipinski definition) is 8. The number of phenolic OH excluding ortho intramolecular Hbond substituents is 2. The maximum absolute atomic E-state index is 12.8. The van der Waals surface area contributed by atoms with Crippen LogP contribution in [0.15, 0.2) is 84.9 Å². The molecule has 1 aromatic heterocycles. The minimum Gasteiger partial charge on any atom is -0.507 e. The number of aromatic nitrogens is 3. The zero-order chi connectivity index (χ0) is 56.5. The highest BCUT2D eigenvalue weighted by Crippen LogP contribution is 2.56. The van der Waals surface area contributed by atoms with E-state index in [0.29, 0.717) is 48.6 Å². The van der Waals surface area contributed by atoms with Gasteiger partial charge in [-0.15, -0.1) is 15.0 Å². The van der Waals surface area contributed by atoms with Gasteiger partial charge >= 0.3 is 5.97 Å². The fourth-order valence-corrected chi connectivity index (χ4v) is 17.1. The van der Waals surface area contributed by atoms with Crippen LogP contribution in [0, 0.1) is 71.0 Å². The summed E-state index contributed by atoms with van der Waals surface area (Å²) in [6.45, 7) is 12.2. The largest absolute Gasteiger partial charge is 0.507 e. The van der Waals surface area contributed by atoms with Crippen molar-refractivity contribution in [2.24, 2.45) is 71.0 Å². The Morgan fingerprint density at radius 2 is 1.12 bits per heavy atom. The molecular weight excluding hydrogens is 1000 g/mol. The Bertz CT molecular complexity index is 2800. The monoisotopic (exact) mass is 1100 g/mol. The molecule has 1 heterocycles. The van der Waals surface area contributed by atoms with Gasteiger partial charge in [0.2, 0.25) is 0 Å². The Hall–Kier alpha value is -5.18. The van der Waals surface area contributed by atoms with Crippen molar-refractivity contribution in [1.29, 1.82) is 0 Å². The number of ketones is 1. The van der Waals surface area contributed by atoms with Crippen molar-refractivity contribution in [3.05, 3.63) is 107 Å². The van der Waals surface area contributed by atoms with E-state index in [9.17, 15) is 19.8 Å². The van der Waals surface area contributed by atoms with Crippen LogP contribution in [-0.4, -0.2) is 50.2 Å². The standard InChI is InChI=1S/C39H55N3O3.C33H44O3/c1-5-26-15-16-27(22-26)17-19-30-25-29(31-11-8-12-32(30)31)10-9-21-45-37(43)20-18-28-23-33(39(2,3)4)38(44)36(24-28)42-40-34-13-6-7-14-35(34)41-42;1-2-23-13-14-24(20-23)15-16-27-21-26(29-11-6-12-30(27)29)10-7-19-36-28-17-18-31(32(34)22-28)33(35)25-8-4-3-5-9-25/h6-7,13-14,23-24,26-27,29-32,44H,5,8-12,15-22,25H2,1-4H3;3-5,8-9,17-18,22-24,26-27,29-30,34H,2,6-7,10-16,19-21H2,1H3. The molecule has 12 atom stereocenters. The van der Waals surface area contributed by atoms with Crippen LogP contribution in [0.4, 0.5) is 0 Å². The molecule has 0 radical (unpaired) electrons. The second-order valence-electron chi connectivity index (χ2n) is 27.6. The van der Waals surface area contributed by atoms with Crippen molar-refractivity contribution < 1.29 is 29.3 Å². The zero-order valence-electron chi connectivity index (χ0n) is 50.2. The molecular formula is C72H99N3O6. The summed E-state index contributed by atoms with van der Waals surface area (Å²) in [6, 6.07) is 25.8. The lowest BCUT2D eigenvalue weighted by Gasteiger charge is -2.23. The number of benzene rings is 4. The molecule has 12 unspecified atom stereocenters. The van der Waals surface area contributed by atoms with E-state index in [1.807, 2.05) is 54.6 Å². The van der Waals surface area contributed by atoms with Crippen LogP contribution in [-0.2, 0) is 21.4 Å². The first kappa shape index (κ1) is 59.0. The van der Waals surface area contributed by atoms with Gasteiger partial charge < -0.3 is 19.7 Å². The summed E-state index contributed by atoms with van der Waals surface area (Å²) in [7, 11) is 0. The van der Waals surface area contributed by atoms with Crippen molar-refractivity contribution in [3.63, 3.8) is 0 Å². The third-order valence-corrected chi connectivity index (χ3v) is 21.5. The summed E-state index contributed by atoms with van der Waals surface area (Å²) in [5, 5.41) is 30.9. The number of hydrogen-bond donors (Lipinski definition) is 2. The molecule has 438 valence electrons. The van der Waals surface area contributed by atoms with E-state index in [1.54, 1.807) is 30.3 Å². The Morgan fingerprint density at radius 1 is 0.593 bits per heavy atom. The van der Waals surface area contributed by atoms with E-state index in [0.717, 1.165) is 106 Å². The Labute approximate surface area is 486 Å². The number of phenols is 2. The third kappa shape index (κ3) is 14.8. The van der Waals surface area contributed by atoms with Crippen molar-refractivity contribution in [3.8, 4) is 22.9 Å². The molecule has 6 saturated carbocycles. The molecule has 0 aliphatic heterocycles.